The van der Waals surface area contributed by atoms with Gasteiger partial charge in [0.2, 0.25) is 0 Å². The maximum Gasteiger partial charge on any atom is 0.410 e. The maximum atomic E-state index is 13.0. The molecule has 0 aromatic rings. The van der Waals surface area contributed by atoms with E-state index in [1.807, 2.05) is 0 Å². The van der Waals surface area contributed by atoms with E-state index in [4.69, 9.17) is 18.9 Å². The van der Waals surface area contributed by atoms with Gasteiger partial charge in [0.1, 0.15) is 28.8 Å². The maximum absolute atomic E-state index is 13.0. The van der Waals surface area contributed by atoms with Crippen LogP contribution in [0.5, 0.6) is 0 Å². The van der Waals surface area contributed by atoms with E-state index in [9.17, 15) is 15.3 Å². The summed E-state index contributed by atoms with van der Waals surface area (Å²) in [7, 11) is 1.70. The Morgan fingerprint density at radius 1 is 1.16 bits per heavy atom. The first-order valence-corrected chi connectivity index (χ1v) is 14.2. The lowest BCUT2D eigenvalue weighted by molar-refractivity contribution is -0.124. The highest BCUT2D eigenvalue weighted by Gasteiger charge is 2.72. The fourth-order valence-corrected chi connectivity index (χ4v) is 6.95. The zero-order valence-electron chi connectivity index (χ0n) is 23.3. The van der Waals surface area contributed by atoms with E-state index in [0.29, 0.717) is 38.5 Å². The largest absolute Gasteiger partial charge is 0.443 e. The van der Waals surface area contributed by atoms with E-state index in [2.05, 4.69) is 43.9 Å². The first-order valence-electron chi connectivity index (χ1n) is 14.2. The minimum Gasteiger partial charge on any atom is -0.443 e. The van der Waals surface area contributed by atoms with Crippen LogP contribution in [-0.2, 0) is 18.9 Å². The van der Waals surface area contributed by atoms with Crippen LogP contribution >= 0.6 is 0 Å². The molecule has 1 unspecified atom stereocenters. The minimum absolute atomic E-state index is 0.0246. The third-order valence-electron chi connectivity index (χ3n) is 9.70. The van der Waals surface area contributed by atoms with E-state index < -0.39 is 5.41 Å². The van der Waals surface area contributed by atoms with Gasteiger partial charge in [0.25, 0.3) is 0 Å². The van der Waals surface area contributed by atoms with Crippen molar-refractivity contribution in [3.05, 3.63) is 11.6 Å². The molecular weight excluding hydrogens is 484 g/mol. The summed E-state index contributed by atoms with van der Waals surface area (Å²) in [5.41, 5.74) is -0.103. The monoisotopic (exact) mass is 526 g/mol. The molecule has 208 valence electrons. The molecule has 1 aliphatic carbocycles. The number of nitriles is 2. The number of amides is 1. The Morgan fingerprint density at radius 3 is 2.42 bits per heavy atom. The molecule has 1 saturated carbocycles. The van der Waals surface area contributed by atoms with Crippen molar-refractivity contribution in [2.24, 2.45) is 17.3 Å². The number of hydrogen-bond donors (Lipinski definition) is 0. The molecule has 0 aromatic heterocycles. The van der Waals surface area contributed by atoms with Crippen molar-refractivity contribution < 1.29 is 23.7 Å². The van der Waals surface area contributed by atoms with Crippen LogP contribution in [-0.4, -0.2) is 91.8 Å². The summed E-state index contributed by atoms with van der Waals surface area (Å²) in [4.78, 5) is 17.2. The number of carbonyl (C=O) groups is 1. The van der Waals surface area contributed by atoms with Crippen LogP contribution < -0.4 is 0 Å². The molecule has 5 rings (SSSR count). The van der Waals surface area contributed by atoms with Gasteiger partial charge in [-0.1, -0.05) is 11.6 Å². The average Bonchev–Trinajstić information content (AvgIpc) is 3.80. The van der Waals surface area contributed by atoms with Crippen molar-refractivity contribution in [1.82, 2.24) is 9.80 Å². The molecule has 0 aromatic carbocycles. The minimum atomic E-state index is -0.813. The Kier molecular flexibility index (Phi) is 7.52. The van der Waals surface area contributed by atoms with E-state index in [-0.39, 0.29) is 41.5 Å². The quantitative estimate of drug-likeness (QED) is 0.348. The lowest BCUT2D eigenvalue weighted by atomic mass is 9.68. The van der Waals surface area contributed by atoms with Crippen LogP contribution in [0.2, 0.25) is 0 Å². The molecular formula is C29H42N4O5. The van der Waals surface area contributed by atoms with E-state index >= 15 is 0 Å². The number of epoxide rings is 2. The summed E-state index contributed by atoms with van der Waals surface area (Å²) < 4.78 is 24.3. The SMILES string of the molecule is CO[C@H]1C([C@@]2(C)O[C@@H]2CC=C(C)C)[C@]2(CC[C@H]1OC(=O)N1CC(CCN3CCC(C#N)(C#N)CC3)C1)CO2. The van der Waals surface area contributed by atoms with Crippen LogP contribution in [0.15, 0.2) is 11.6 Å². The van der Waals surface area contributed by atoms with Gasteiger partial charge in [-0.15, -0.1) is 0 Å². The smallest absolute Gasteiger partial charge is 0.410 e. The number of nitrogens with zero attached hydrogens (tertiary/aromatic N) is 4. The number of allylic oxidation sites excluding steroid dienone is 1. The van der Waals surface area contributed by atoms with Crippen LogP contribution in [0, 0.1) is 39.9 Å². The topological polar surface area (TPSA) is 115 Å². The second-order valence-corrected chi connectivity index (χ2v) is 12.5. The first kappa shape index (κ1) is 27.4. The zero-order chi connectivity index (χ0) is 27.1. The number of piperidine rings is 1. The molecule has 1 spiro atoms. The van der Waals surface area contributed by atoms with Crippen molar-refractivity contribution in [3.63, 3.8) is 0 Å². The molecule has 38 heavy (non-hydrogen) atoms. The molecule has 4 heterocycles. The number of hydrogen-bond acceptors (Lipinski definition) is 8. The highest BCUT2D eigenvalue weighted by molar-refractivity contribution is 5.69. The second-order valence-electron chi connectivity index (χ2n) is 12.5. The predicted octanol–water partition coefficient (Wildman–Crippen LogP) is 3.65. The number of ether oxygens (including phenoxy) is 4. The van der Waals surface area contributed by atoms with Gasteiger partial charge in [-0.25, -0.2) is 4.79 Å². The van der Waals surface area contributed by atoms with E-state index in [1.54, 1.807) is 12.0 Å². The Bertz CT molecular complexity index is 995. The Hall–Kier alpha value is -2.17. The Balaban J connectivity index is 1.10. The van der Waals surface area contributed by atoms with Crippen molar-refractivity contribution in [2.75, 3.05) is 46.4 Å². The lowest BCUT2D eigenvalue weighted by Crippen LogP contribution is -2.57. The van der Waals surface area contributed by atoms with Gasteiger partial charge in [0.05, 0.1) is 30.8 Å². The van der Waals surface area contributed by atoms with Gasteiger partial charge in [-0.05, 0) is 71.8 Å². The standard InChI is InChI=1S/C29H42N4O5/c1-20(2)5-6-23-27(3,38-23)25-24(35-4)22(7-9-29(25)19-36-29)37-26(34)33-15-21(16-33)8-12-32-13-10-28(17-30,18-31)11-14-32/h5,21-25H,6-16,19H2,1-4H3/t22-,23-,24-,25?,27+,29+/m1/s1. The summed E-state index contributed by atoms with van der Waals surface area (Å²) in [5, 5.41) is 18.6. The highest BCUT2D eigenvalue weighted by atomic mass is 16.6. The summed E-state index contributed by atoms with van der Waals surface area (Å²) in [6.07, 6.45) is 6.19. The van der Waals surface area contributed by atoms with Crippen LogP contribution in [0.4, 0.5) is 4.79 Å². The number of carbonyl (C=O) groups excluding carboxylic acids is 1. The Labute approximate surface area is 226 Å². The molecule has 0 N–H and O–H groups in total. The van der Waals surface area contributed by atoms with Gasteiger partial charge in [-0.3, -0.25) is 0 Å². The van der Waals surface area contributed by atoms with Crippen LogP contribution in [0.3, 0.4) is 0 Å². The summed E-state index contributed by atoms with van der Waals surface area (Å²) in [6.45, 7) is 11.0. The lowest BCUT2D eigenvalue weighted by Gasteiger charge is -2.45. The van der Waals surface area contributed by atoms with Gasteiger partial charge < -0.3 is 28.7 Å². The molecule has 9 heteroatoms. The van der Waals surface area contributed by atoms with Crippen LogP contribution in [0.1, 0.15) is 59.3 Å². The van der Waals surface area contributed by atoms with Gasteiger partial charge in [0.15, 0.2) is 0 Å². The predicted molar refractivity (Wildman–Crippen MR) is 139 cm³/mol. The van der Waals surface area contributed by atoms with Crippen LogP contribution in [0.25, 0.3) is 0 Å². The molecule has 4 aliphatic heterocycles. The van der Waals surface area contributed by atoms with E-state index in [1.165, 1.54) is 5.57 Å². The second kappa shape index (κ2) is 10.4. The van der Waals surface area contributed by atoms with Gasteiger partial charge in [-0.2, -0.15) is 10.5 Å². The fourth-order valence-electron chi connectivity index (χ4n) is 6.95. The van der Waals surface area contributed by atoms with Crippen molar-refractivity contribution in [2.45, 2.75) is 88.8 Å². The molecule has 0 radical (unpaired) electrons. The number of rotatable bonds is 8. The molecule has 5 aliphatic rings. The summed E-state index contributed by atoms with van der Waals surface area (Å²) >= 11 is 0. The molecule has 9 nitrogen and oxygen atoms in total. The van der Waals surface area contributed by atoms with Gasteiger partial charge in [0, 0.05) is 33.3 Å². The summed E-state index contributed by atoms with van der Waals surface area (Å²) in [5.74, 6) is 0.479. The molecule has 5 fully saturated rings. The zero-order valence-corrected chi connectivity index (χ0v) is 23.3. The van der Waals surface area contributed by atoms with Crippen molar-refractivity contribution in [3.8, 4) is 12.1 Å². The number of methoxy groups -OCH3 is 1. The third kappa shape index (κ3) is 5.19. The van der Waals surface area contributed by atoms with Crippen molar-refractivity contribution in [1.29, 1.82) is 10.5 Å². The van der Waals surface area contributed by atoms with E-state index in [0.717, 1.165) is 45.3 Å². The summed E-state index contributed by atoms with van der Waals surface area (Å²) in [6, 6.07) is 4.39. The Morgan fingerprint density at radius 2 is 1.84 bits per heavy atom. The molecule has 6 atom stereocenters. The third-order valence-corrected chi connectivity index (χ3v) is 9.70. The van der Waals surface area contributed by atoms with Gasteiger partial charge >= 0.3 is 6.09 Å². The fraction of sp³-hybridized carbons (Fsp3) is 0.828. The number of likely N-dealkylation sites (tertiary alicyclic amines) is 2. The molecule has 0 bridgehead atoms. The highest BCUT2D eigenvalue weighted by Crippen LogP contribution is 2.59. The normalized spacial score (nSPS) is 38.0. The first-order chi connectivity index (χ1) is 18.2. The van der Waals surface area contributed by atoms with Crippen molar-refractivity contribution >= 4 is 6.09 Å². The molecule has 4 saturated heterocycles. The molecule has 1 amide bonds. The average molecular weight is 527 g/mol.